The summed E-state index contributed by atoms with van der Waals surface area (Å²) in [6, 6.07) is 8.85. The lowest BCUT2D eigenvalue weighted by molar-refractivity contribution is 0.378. The van der Waals surface area contributed by atoms with Crippen LogP contribution in [-0.2, 0) is 6.54 Å². The van der Waals surface area contributed by atoms with Crippen molar-refractivity contribution >= 4 is 34.3 Å². The SMILES string of the molecule is CSC1CCCC(NCc2[nH]c3ccccc3c2Cl)C1. The van der Waals surface area contributed by atoms with E-state index in [2.05, 4.69) is 28.7 Å². The molecule has 3 rings (SSSR count). The van der Waals surface area contributed by atoms with Gasteiger partial charge in [0.1, 0.15) is 0 Å². The highest BCUT2D eigenvalue weighted by molar-refractivity contribution is 7.99. The summed E-state index contributed by atoms with van der Waals surface area (Å²) in [4.78, 5) is 3.43. The number of rotatable bonds is 4. The molecule has 0 amide bonds. The number of aromatic amines is 1. The van der Waals surface area contributed by atoms with Crippen molar-refractivity contribution in [3.8, 4) is 0 Å². The summed E-state index contributed by atoms with van der Waals surface area (Å²) >= 11 is 8.46. The summed E-state index contributed by atoms with van der Waals surface area (Å²) in [5.41, 5.74) is 2.24. The van der Waals surface area contributed by atoms with Gasteiger partial charge in [-0.3, -0.25) is 0 Å². The molecule has 1 aliphatic rings. The van der Waals surface area contributed by atoms with Crippen LogP contribution in [0.15, 0.2) is 24.3 Å². The van der Waals surface area contributed by atoms with Crippen LogP contribution in [-0.4, -0.2) is 22.5 Å². The number of halogens is 1. The highest BCUT2D eigenvalue weighted by Crippen LogP contribution is 2.29. The van der Waals surface area contributed by atoms with Crippen LogP contribution in [0.25, 0.3) is 10.9 Å². The molecule has 0 aliphatic heterocycles. The van der Waals surface area contributed by atoms with Gasteiger partial charge in [-0.1, -0.05) is 36.2 Å². The van der Waals surface area contributed by atoms with Crippen molar-refractivity contribution < 1.29 is 0 Å². The second-order valence-corrected chi connectivity index (χ2v) is 7.08. The molecule has 20 heavy (non-hydrogen) atoms. The quantitative estimate of drug-likeness (QED) is 0.865. The molecular formula is C16H21ClN2S. The van der Waals surface area contributed by atoms with Crippen molar-refractivity contribution in [2.75, 3.05) is 6.26 Å². The standard InChI is InChI=1S/C16H21ClN2S/c1-20-12-6-4-5-11(9-12)18-10-15-16(17)13-7-2-3-8-14(13)19-15/h2-3,7-8,11-12,18-19H,4-6,9-10H2,1H3. The molecule has 1 saturated carbocycles. The lowest BCUT2D eigenvalue weighted by Crippen LogP contribution is -2.34. The molecule has 2 N–H and O–H groups in total. The number of fused-ring (bicyclic) bond motifs is 1. The molecule has 2 atom stereocenters. The molecular weight excluding hydrogens is 288 g/mol. The molecule has 1 fully saturated rings. The number of hydrogen-bond donors (Lipinski definition) is 2. The Kier molecular flexibility index (Phi) is 4.59. The number of aromatic nitrogens is 1. The summed E-state index contributed by atoms with van der Waals surface area (Å²) < 4.78 is 0. The Bertz CT molecular complexity index is 581. The maximum atomic E-state index is 6.46. The lowest BCUT2D eigenvalue weighted by atomic mass is 9.95. The van der Waals surface area contributed by atoms with Gasteiger partial charge in [-0.05, 0) is 31.6 Å². The van der Waals surface area contributed by atoms with Gasteiger partial charge in [-0.25, -0.2) is 0 Å². The van der Waals surface area contributed by atoms with Crippen LogP contribution in [0.2, 0.25) is 5.02 Å². The van der Waals surface area contributed by atoms with Crippen molar-refractivity contribution in [1.29, 1.82) is 0 Å². The summed E-state index contributed by atoms with van der Waals surface area (Å²) in [6.07, 6.45) is 7.49. The molecule has 2 aromatic rings. The van der Waals surface area contributed by atoms with E-state index in [9.17, 15) is 0 Å². The van der Waals surface area contributed by atoms with Crippen LogP contribution >= 0.6 is 23.4 Å². The maximum absolute atomic E-state index is 6.46. The van der Waals surface area contributed by atoms with Crippen LogP contribution in [0.5, 0.6) is 0 Å². The summed E-state index contributed by atoms with van der Waals surface area (Å²) in [6.45, 7) is 0.833. The number of thioether (sulfide) groups is 1. The van der Waals surface area contributed by atoms with Gasteiger partial charge >= 0.3 is 0 Å². The van der Waals surface area contributed by atoms with Gasteiger partial charge in [0.05, 0.1) is 5.02 Å². The Morgan fingerprint density at radius 2 is 2.20 bits per heavy atom. The van der Waals surface area contributed by atoms with E-state index in [0.717, 1.165) is 33.4 Å². The summed E-state index contributed by atoms with van der Waals surface area (Å²) in [5, 5.41) is 6.48. The molecule has 1 heterocycles. The van der Waals surface area contributed by atoms with Crippen molar-refractivity contribution in [3.05, 3.63) is 35.0 Å². The largest absolute Gasteiger partial charge is 0.356 e. The third kappa shape index (κ3) is 3.00. The first-order valence-electron chi connectivity index (χ1n) is 7.29. The lowest BCUT2D eigenvalue weighted by Gasteiger charge is -2.28. The molecule has 0 radical (unpaired) electrons. The topological polar surface area (TPSA) is 27.8 Å². The van der Waals surface area contributed by atoms with Crippen LogP contribution in [0.4, 0.5) is 0 Å². The van der Waals surface area contributed by atoms with Gasteiger partial charge < -0.3 is 10.3 Å². The zero-order valence-electron chi connectivity index (χ0n) is 11.8. The maximum Gasteiger partial charge on any atom is 0.0705 e. The van der Waals surface area contributed by atoms with Gasteiger partial charge in [0.25, 0.3) is 0 Å². The number of para-hydroxylation sites is 1. The summed E-state index contributed by atoms with van der Waals surface area (Å²) in [5.74, 6) is 0. The minimum absolute atomic E-state index is 0.628. The fourth-order valence-electron chi connectivity index (χ4n) is 3.08. The number of nitrogens with one attached hydrogen (secondary N) is 2. The van der Waals surface area contributed by atoms with E-state index in [1.807, 2.05) is 23.9 Å². The first-order chi connectivity index (χ1) is 9.78. The Morgan fingerprint density at radius 3 is 3.00 bits per heavy atom. The highest BCUT2D eigenvalue weighted by Gasteiger charge is 2.21. The fraction of sp³-hybridized carbons (Fsp3) is 0.500. The van der Waals surface area contributed by atoms with Gasteiger partial charge in [-0.2, -0.15) is 11.8 Å². The van der Waals surface area contributed by atoms with Crippen LogP contribution in [0.1, 0.15) is 31.4 Å². The van der Waals surface area contributed by atoms with Crippen molar-refractivity contribution in [2.24, 2.45) is 0 Å². The zero-order valence-corrected chi connectivity index (χ0v) is 13.4. The molecule has 0 bridgehead atoms. The molecule has 1 aliphatic carbocycles. The fourth-order valence-corrected chi connectivity index (χ4v) is 4.18. The zero-order chi connectivity index (χ0) is 13.9. The van der Waals surface area contributed by atoms with Crippen LogP contribution < -0.4 is 5.32 Å². The Labute approximate surface area is 129 Å². The Hall–Kier alpha value is -0.640. The van der Waals surface area contributed by atoms with E-state index in [1.54, 1.807) is 0 Å². The van der Waals surface area contributed by atoms with Crippen LogP contribution in [0.3, 0.4) is 0 Å². The number of benzene rings is 1. The number of hydrogen-bond acceptors (Lipinski definition) is 2. The molecule has 0 saturated heterocycles. The molecule has 108 valence electrons. The van der Waals surface area contributed by atoms with E-state index in [1.165, 1.54) is 25.7 Å². The predicted octanol–water partition coefficient (Wildman–Crippen LogP) is 4.59. The first kappa shape index (κ1) is 14.3. The van der Waals surface area contributed by atoms with Crippen molar-refractivity contribution in [2.45, 2.75) is 43.5 Å². The van der Waals surface area contributed by atoms with Gasteiger partial charge in [0.15, 0.2) is 0 Å². The van der Waals surface area contributed by atoms with Crippen molar-refractivity contribution in [1.82, 2.24) is 10.3 Å². The first-order valence-corrected chi connectivity index (χ1v) is 8.95. The minimum atomic E-state index is 0.628. The molecule has 2 unspecified atom stereocenters. The van der Waals surface area contributed by atoms with Gasteiger partial charge in [0, 0.05) is 34.4 Å². The third-order valence-corrected chi connectivity index (χ3v) is 5.77. The molecule has 0 spiro atoms. The van der Waals surface area contributed by atoms with Crippen molar-refractivity contribution in [3.63, 3.8) is 0 Å². The van der Waals surface area contributed by atoms with E-state index in [0.29, 0.717) is 6.04 Å². The average Bonchev–Trinajstić information content (AvgIpc) is 2.82. The van der Waals surface area contributed by atoms with E-state index in [4.69, 9.17) is 11.6 Å². The van der Waals surface area contributed by atoms with E-state index in [-0.39, 0.29) is 0 Å². The molecule has 2 nitrogen and oxygen atoms in total. The van der Waals surface area contributed by atoms with E-state index < -0.39 is 0 Å². The predicted molar refractivity (Wildman–Crippen MR) is 89.7 cm³/mol. The summed E-state index contributed by atoms with van der Waals surface area (Å²) in [7, 11) is 0. The van der Waals surface area contributed by atoms with Gasteiger partial charge in [-0.15, -0.1) is 0 Å². The third-order valence-electron chi connectivity index (χ3n) is 4.24. The monoisotopic (exact) mass is 308 g/mol. The smallest absolute Gasteiger partial charge is 0.0705 e. The molecule has 1 aromatic heterocycles. The minimum Gasteiger partial charge on any atom is -0.356 e. The van der Waals surface area contributed by atoms with Crippen LogP contribution in [0, 0.1) is 0 Å². The second-order valence-electron chi connectivity index (χ2n) is 5.57. The van der Waals surface area contributed by atoms with E-state index >= 15 is 0 Å². The Morgan fingerprint density at radius 1 is 1.35 bits per heavy atom. The molecule has 1 aromatic carbocycles. The average molecular weight is 309 g/mol. The second kappa shape index (κ2) is 6.42. The highest BCUT2D eigenvalue weighted by atomic mass is 35.5. The molecule has 4 heteroatoms. The number of H-pyrrole nitrogens is 1. The van der Waals surface area contributed by atoms with Gasteiger partial charge in [0.2, 0.25) is 0 Å². The Balaban J connectivity index is 1.66. The normalized spacial score (nSPS) is 23.3.